The van der Waals surface area contributed by atoms with Gasteiger partial charge in [0, 0.05) is 0 Å². The van der Waals surface area contributed by atoms with Crippen molar-refractivity contribution in [3.63, 3.8) is 0 Å². The monoisotopic (exact) mass is 442 g/mol. The SMILES string of the molecule is [O]=[Ta](=[O])[O][Ta](=[O])=[O]. The molecule has 0 spiro atoms. The quantitative estimate of drug-likeness (QED) is 0.575. The number of hydrogen-bond acceptors (Lipinski definition) is 5. The van der Waals surface area contributed by atoms with Crippen LogP contribution in [0.2, 0.25) is 0 Å². The summed E-state index contributed by atoms with van der Waals surface area (Å²) in [4.78, 5) is 0. The Morgan fingerprint density at radius 3 is 1.14 bits per heavy atom. The van der Waals surface area contributed by atoms with Gasteiger partial charge in [0.15, 0.2) is 0 Å². The standard InChI is InChI=1S/5O.2Ta. The van der Waals surface area contributed by atoms with Gasteiger partial charge in [-0.15, -0.1) is 0 Å². The van der Waals surface area contributed by atoms with Crippen LogP contribution in [0.5, 0.6) is 0 Å². The van der Waals surface area contributed by atoms with Crippen molar-refractivity contribution in [1.29, 1.82) is 0 Å². The Hall–Kier alpha value is 0.641. The zero-order valence-electron chi connectivity index (χ0n) is 2.94. The molecule has 0 atom stereocenters. The molecule has 40 valence electrons. The fraction of sp³-hybridized carbons (Fsp3) is 0. The Balaban J connectivity index is 3.77. The molecule has 0 bridgehead atoms. The molecule has 0 aliphatic carbocycles. The summed E-state index contributed by atoms with van der Waals surface area (Å²) in [5.74, 6) is 0. The van der Waals surface area contributed by atoms with Gasteiger partial charge in [0.1, 0.15) is 0 Å². The third kappa shape index (κ3) is 6.64. The van der Waals surface area contributed by atoms with E-state index in [0.717, 1.165) is 0 Å². The van der Waals surface area contributed by atoms with Gasteiger partial charge >= 0.3 is 52.3 Å². The summed E-state index contributed by atoms with van der Waals surface area (Å²) in [7, 11) is 0. The molecule has 7 heteroatoms. The Morgan fingerprint density at radius 1 is 0.857 bits per heavy atom. The van der Waals surface area contributed by atoms with Crippen LogP contribution in [-0.4, -0.2) is 0 Å². The van der Waals surface area contributed by atoms with Gasteiger partial charge in [0.25, 0.3) is 0 Å². The van der Waals surface area contributed by atoms with Crippen LogP contribution in [0.3, 0.4) is 0 Å². The molecule has 0 saturated carbocycles. The second-order valence-corrected chi connectivity index (χ2v) is 9.13. The molecule has 0 radical (unpaired) electrons. The summed E-state index contributed by atoms with van der Waals surface area (Å²) < 4.78 is 41.1. The Labute approximate surface area is 52.2 Å². The molecule has 0 fully saturated rings. The molecule has 5 nitrogen and oxygen atoms in total. The van der Waals surface area contributed by atoms with Crippen LogP contribution in [-0.2, 0) is 52.3 Å². The van der Waals surface area contributed by atoms with Crippen molar-refractivity contribution in [3.05, 3.63) is 0 Å². The molecule has 0 aliphatic rings. The van der Waals surface area contributed by atoms with Gasteiger partial charge in [-0.3, -0.25) is 0 Å². The second kappa shape index (κ2) is 3.62. The Bertz CT molecular complexity index is 135. The van der Waals surface area contributed by atoms with Crippen molar-refractivity contribution in [2.75, 3.05) is 0 Å². The van der Waals surface area contributed by atoms with E-state index in [0.29, 0.717) is 0 Å². The van der Waals surface area contributed by atoms with Gasteiger partial charge in [-0.1, -0.05) is 0 Å². The maximum absolute atomic E-state index is 9.41. The average molecular weight is 442 g/mol. The Morgan fingerprint density at radius 2 is 1.14 bits per heavy atom. The summed E-state index contributed by atoms with van der Waals surface area (Å²) in [5.41, 5.74) is 0. The van der Waals surface area contributed by atoms with Crippen molar-refractivity contribution < 1.29 is 52.3 Å². The van der Waals surface area contributed by atoms with Gasteiger partial charge in [-0.25, -0.2) is 0 Å². The predicted molar refractivity (Wildman–Crippen MR) is 3.83 cm³/mol. The molecule has 7 heavy (non-hydrogen) atoms. The van der Waals surface area contributed by atoms with Crippen LogP contribution in [0.15, 0.2) is 0 Å². The van der Waals surface area contributed by atoms with Crippen LogP contribution in [0.1, 0.15) is 0 Å². The van der Waals surface area contributed by atoms with Gasteiger partial charge < -0.3 is 0 Å². The summed E-state index contributed by atoms with van der Waals surface area (Å²) in [6.45, 7) is 0. The minimum absolute atomic E-state index is 3.44. The molecule has 0 aromatic heterocycles. The summed E-state index contributed by atoms with van der Waals surface area (Å²) in [5, 5.41) is 0. The summed E-state index contributed by atoms with van der Waals surface area (Å²) in [6.07, 6.45) is 0. The molecule has 0 saturated heterocycles. The minimum atomic E-state index is -4.28. The van der Waals surface area contributed by atoms with E-state index in [1.165, 1.54) is 0 Å². The van der Waals surface area contributed by atoms with E-state index in [-0.39, 0.29) is 0 Å². The van der Waals surface area contributed by atoms with Gasteiger partial charge in [0.05, 0.1) is 0 Å². The van der Waals surface area contributed by atoms with Crippen molar-refractivity contribution in [2.24, 2.45) is 0 Å². The van der Waals surface area contributed by atoms with E-state index in [9.17, 15) is 13.0 Å². The first-order chi connectivity index (χ1) is 3.13. The third-order valence-electron chi connectivity index (χ3n) is 0.133. The van der Waals surface area contributed by atoms with Gasteiger partial charge in [0.2, 0.25) is 0 Å². The van der Waals surface area contributed by atoms with Crippen LogP contribution in [0.4, 0.5) is 0 Å². The number of hydrogen-bond donors (Lipinski definition) is 0. The van der Waals surface area contributed by atoms with Crippen molar-refractivity contribution >= 4 is 0 Å². The van der Waals surface area contributed by atoms with E-state index >= 15 is 0 Å². The molecule has 0 aromatic carbocycles. The average Bonchev–Trinajstić information content (AvgIpc) is 1.27. The van der Waals surface area contributed by atoms with Crippen molar-refractivity contribution in [3.8, 4) is 0 Å². The Kier molecular flexibility index (Phi) is 3.95. The van der Waals surface area contributed by atoms with Gasteiger partial charge in [-0.05, 0) is 0 Å². The molecule has 0 aromatic rings. The summed E-state index contributed by atoms with van der Waals surface area (Å²) in [6, 6.07) is 0. The van der Waals surface area contributed by atoms with E-state index in [2.05, 4.69) is 1.75 Å². The molecule has 0 unspecified atom stereocenters. The second-order valence-electron chi connectivity index (χ2n) is 0.529. The van der Waals surface area contributed by atoms with E-state index in [4.69, 9.17) is 0 Å². The number of rotatable bonds is 2. The third-order valence-corrected chi connectivity index (χ3v) is 8.93. The molecular weight excluding hydrogens is 442 g/mol. The summed E-state index contributed by atoms with van der Waals surface area (Å²) >= 11 is -8.56. The van der Waals surface area contributed by atoms with E-state index in [1.54, 1.807) is 0 Å². The van der Waals surface area contributed by atoms with Crippen LogP contribution >= 0.6 is 0 Å². The maximum atomic E-state index is 9.41. The van der Waals surface area contributed by atoms with Crippen LogP contribution in [0, 0.1) is 0 Å². The first kappa shape index (κ1) is 7.64. The molecular formula is O5Ta2. The predicted octanol–water partition coefficient (Wildman–Crippen LogP) is -0.549. The van der Waals surface area contributed by atoms with Crippen molar-refractivity contribution in [2.45, 2.75) is 0 Å². The normalized spacial score (nSPS) is 8.00. The molecule has 0 aliphatic heterocycles. The molecule has 0 amide bonds. The van der Waals surface area contributed by atoms with Gasteiger partial charge in [-0.2, -0.15) is 0 Å². The molecule has 0 heterocycles. The zero-order valence-corrected chi connectivity index (χ0v) is 9.36. The van der Waals surface area contributed by atoms with E-state index in [1.807, 2.05) is 0 Å². The first-order valence-corrected chi connectivity index (χ1v) is 8.97. The van der Waals surface area contributed by atoms with Crippen LogP contribution < -0.4 is 0 Å². The molecule has 0 rings (SSSR count). The van der Waals surface area contributed by atoms with Crippen molar-refractivity contribution in [1.82, 2.24) is 0 Å². The first-order valence-electron chi connectivity index (χ1n) is 1.10. The van der Waals surface area contributed by atoms with Crippen LogP contribution in [0.25, 0.3) is 0 Å². The van der Waals surface area contributed by atoms with E-state index < -0.39 is 37.6 Å². The fourth-order valence-electron chi connectivity index (χ4n) is 0.0544. The fourth-order valence-corrected chi connectivity index (χ4v) is 3.65. The molecule has 0 N–H and O–H groups in total. The zero-order chi connectivity index (χ0) is 5.86. The topological polar surface area (TPSA) is 77.5 Å².